The second-order valence-electron chi connectivity index (χ2n) is 8.15. The number of aromatic nitrogens is 1. The van der Waals surface area contributed by atoms with Crippen molar-refractivity contribution < 1.29 is 14.3 Å². The van der Waals surface area contributed by atoms with Gasteiger partial charge >= 0.3 is 0 Å². The molecule has 0 fully saturated rings. The molecule has 1 unspecified atom stereocenters. The number of amides is 2. The van der Waals surface area contributed by atoms with Crippen LogP contribution in [-0.2, 0) is 16.0 Å². The van der Waals surface area contributed by atoms with Crippen molar-refractivity contribution in [2.24, 2.45) is 0 Å². The van der Waals surface area contributed by atoms with Crippen molar-refractivity contribution in [1.29, 1.82) is 0 Å². The normalized spacial score (nSPS) is 12.0. The zero-order chi connectivity index (χ0) is 22.4. The van der Waals surface area contributed by atoms with E-state index in [4.69, 9.17) is 4.74 Å². The van der Waals surface area contributed by atoms with E-state index in [1.54, 1.807) is 0 Å². The quantitative estimate of drug-likeness (QED) is 0.459. The Morgan fingerprint density at radius 1 is 1.13 bits per heavy atom. The summed E-state index contributed by atoms with van der Waals surface area (Å²) in [7, 11) is 0. The van der Waals surface area contributed by atoms with E-state index >= 15 is 0 Å². The summed E-state index contributed by atoms with van der Waals surface area (Å²) in [4.78, 5) is 27.7. The Morgan fingerprint density at radius 3 is 2.65 bits per heavy atom. The van der Waals surface area contributed by atoms with Gasteiger partial charge in [0.05, 0.1) is 6.54 Å². The van der Waals surface area contributed by atoms with E-state index in [2.05, 4.69) is 41.6 Å². The van der Waals surface area contributed by atoms with Crippen LogP contribution in [0.15, 0.2) is 48.7 Å². The van der Waals surface area contributed by atoms with Crippen LogP contribution in [0.25, 0.3) is 10.9 Å². The summed E-state index contributed by atoms with van der Waals surface area (Å²) < 4.78 is 5.95. The Hall–Kier alpha value is -3.28. The number of rotatable bonds is 9. The smallest absolute Gasteiger partial charge is 0.243 e. The predicted molar refractivity (Wildman–Crippen MR) is 123 cm³/mol. The molecule has 3 rings (SSSR count). The van der Waals surface area contributed by atoms with Crippen LogP contribution in [0.4, 0.5) is 0 Å². The van der Waals surface area contributed by atoms with Crippen molar-refractivity contribution in [3.63, 3.8) is 0 Å². The number of H-pyrrole nitrogens is 1. The van der Waals surface area contributed by atoms with Gasteiger partial charge in [-0.05, 0) is 41.7 Å². The van der Waals surface area contributed by atoms with Gasteiger partial charge in [-0.1, -0.05) is 44.2 Å². The summed E-state index contributed by atoms with van der Waals surface area (Å²) in [6.07, 6.45) is 2.30. The molecular weight excluding hydrogens is 390 g/mol. The van der Waals surface area contributed by atoms with Crippen LogP contribution in [0.3, 0.4) is 0 Å². The number of hydrogen-bond donors (Lipinski definition) is 3. The first-order chi connectivity index (χ1) is 14.8. The van der Waals surface area contributed by atoms with Gasteiger partial charge in [0.2, 0.25) is 11.8 Å². The van der Waals surface area contributed by atoms with E-state index in [1.165, 1.54) is 6.92 Å². The standard InChI is InChI=1S/C25H31N3O3/c1-16(2)20-10-9-17(3)13-24(20)31-12-11-26-25(30)23(28-18(4)29)14-19-15-27-22-8-6-5-7-21(19)22/h5-10,13,15-16,23,27H,11-12,14H2,1-4H3,(H,26,30)(H,28,29). The van der Waals surface area contributed by atoms with Gasteiger partial charge in [0, 0.05) is 30.4 Å². The first-order valence-corrected chi connectivity index (χ1v) is 10.7. The molecule has 0 aliphatic heterocycles. The lowest BCUT2D eigenvalue weighted by Crippen LogP contribution is -2.48. The molecule has 6 heteroatoms. The van der Waals surface area contributed by atoms with Gasteiger partial charge in [0.1, 0.15) is 18.4 Å². The number of fused-ring (bicyclic) bond motifs is 1. The van der Waals surface area contributed by atoms with Gasteiger partial charge in [0.25, 0.3) is 0 Å². The Bertz CT molecular complexity index is 1060. The molecule has 3 aromatic rings. The number of ether oxygens (including phenoxy) is 1. The first kappa shape index (κ1) is 22.4. The number of aromatic amines is 1. The minimum absolute atomic E-state index is 0.225. The van der Waals surface area contributed by atoms with Gasteiger partial charge in [0.15, 0.2) is 0 Å². The van der Waals surface area contributed by atoms with Crippen LogP contribution in [0.5, 0.6) is 5.75 Å². The van der Waals surface area contributed by atoms with Gasteiger partial charge in [-0.3, -0.25) is 9.59 Å². The third-order valence-electron chi connectivity index (χ3n) is 5.24. The fraction of sp³-hybridized carbons (Fsp3) is 0.360. The van der Waals surface area contributed by atoms with Crippen molar-refractivity contribution in [3.8, 4) is 5.75 Å². The maximum absolute atomic E-state index is 12.8. The lowest BCUT2D eigenvalue weighted by Gasteiger charge is -2.18. The highest BCUT2D eigenvalue weighted by atomic mass is 16.5. The predicted octanol–water partition coefficient (Wildman–Crippen LogP) is 3.84. The summed E-state index contributed by atoms with van der Waals surface area (Å²) in [5.74, 6) is 0.738. The van der Waals surface area contributed by atoms with Crippen molar-refractivity contribution in [3.05, 3.63) is 65.4 Å². The van der Waals surface area contributed by atoms with Crippen LogP contribution in [0, 0.1) is 6.92 Å². The second-order valence-corrected chi connectivity index (χ2v) is 8.15. The average molecular weight is 422 g/mol. The molecule has 2 aromatic carbocycles. The van der Waals surface area contributed by atoms with Crippen LogP contribution >= 0.6 is 0 Å². The highest BCUT2D eigenvalue weighted by Crippen LogP contribution is 2.27. The van der Waals surface area contributed by atoms with Crippen LogP contribution in [0.1, 0.15) is 43.4 Å². The van der Waals surface area contributed by atoms with E-state index in [1.807, 2.05) is 43.5 Å². The monoisotopic (exact) mass is 421 g/mol. The SMILES string of the molecule is CC(=O)NC(Cc1c[nH]c2ccccc12)C(=O)NCCOc1cc(C)ccc1C(C)C. The van der Waals surface area contributed by atoms with Crippen molar-refractivity contribution in [2.75, 3.05) is 13.2 Å². The largest absolute Gasteiger partial charge is 0.491 e. The molecule has 3 N–H and O–H groups in total. The number of nitrogens with one attached hydrogen (secondary N) is 3. The van der Waals surface area contributed by atoms with Gasteiger partial charge in [-0.2, -0.15) is 0 Å². The third kappa shape index (κ3) is 5.87. The Morgan fingerprint density at radius 2 is 1.90 bits per heavy atom. The van der Waals surface area contributed by atoms with Crippen LogP contribution < -0.4 is 15.4 Å². The molecule has 1 heterocycles. The molecule has 0 spiro atoms. The van der Waals surface area contributed by atoms with E-state index in [0.717, 1.165) is 33.3 Å². The average Bonchev–Trinajstić information content (AvgIpc) is 3.13. The number of para-hydroxylation sites is 1. The first-order valence-electron chi connectivity index (χ1n) is 10.7. The van der Waals surface area contributed by atoms with Gasteiger partial charge < -0.3 is 20.4 Å². The number of aryl methyl sites for hydroxylation is 1. The van der Waals surface area contributed by atoms with Crippen molar-refractivity contribution >= 4 is 22.7 Å². The van der Waals surface area contributed by atoms with Crippen molar-refractivity contribution in [1.82, 2.24) is 15.6 Å². The topological polar surface area (TPSA) is 83.2 Å². The minimum Gasteiger partial charge on any atom is -0.491 e. The fourth-order valence-electron chi connectivity index (χ4n) is 3.68. The lowest BCUT2D eigenvalue weighted by molar-refractivity contribution is -0.128. The summed E-state index contributed by atoms with van der Waals surface area (Å²) >= 11 is 0. The second kappa shape index (κ2) is 10.2. The van der Waals surface area contributed by atoms with E-state index < -0.39 is 6.04 Å². The zero-order valence-electron chi connectivity index (χ0n) is 18.6. The molecule has 0 bridgehead atoms. The number of carbonyl (C=O) groups is 2. The Labute approximate surface area is 183 Å². The van der Waals surface area contributed by atoms with Crippen molar-refractivity contribution in [2.45, 2.75) is 46.1 Å². The number of carbonyl (C=O) groups excluding carboxylic acids is 2. The van der Waals surface area contributed by atoms with Gasteiger partial charge in [-0.15, -0.1) is 0 Å². The van der Waals surface area contributed by atoms with E-state index in [0.29, 0.717) is 25.5 Å². The molecule has 164 valence electrons. The van der Waals surface area contributed by atoms with Crippen LogP contribution in [-0.4, -0.2) is 36.0 Å². The third-order valence-corrected chi connectivity index (χ3v) is 5.24. The molecule has 1 atom stereocenters. The summed E-state index contributed by atoms with van der Waals surface area (Å²) in [6.45, 7) is 8.42. The maximum Gasteiger partial charge on any atom is 0.243 e. The zero-order valence-corrected chi connectivity index (χ0v) is 18.6. The van der Waals surface area contributed by atoms with Crippen LogP contribution in [0.2, 0.25) is 0 Å². The lowest BCUT2D eigenvalue weighted by atomic mass is 10.0. The summed E-state index contributed by atoms with van der Waals surface area (Å²) in [5.41, 5.74) is 4.27. The van der Waals surface area contributed by atoms with Gasteiger partial charge in [-0.25, -0.2) is 0 Å². The molecule has 0 saturated carbocycles. The molecule has 1 aromatic heterocycles. The molecule has 6 nitrogen and oxygen atoms in total. The van der Waals surface area contributed by atoms with E-state index in [-0.39, 0.29) is 11.8 Å². The van der Waals surface area contributed by atoms with E-state index in [9.17, 15) is 9.59 Å². The molecule has 0 radical (unpaired) electrons. The number of benzene rings is 2. The Kier molecular flexibility index (Phi) is 7.34. The Balaban J connectivity index is 1.60. The number of hydrogen-bond acceptors (Lipinski definition) is 3. The molecule has 31 heavy (non-hydrogen) atoms. The molecular formula is C25H31N3O3. The molecule has 0 aliphatic rings. The highest BCUT2D eigenvalue weighted by Gasteiger charge is 2.21. The highest BCUT2D eigenvalue weighted by molar-refractivity contribution is 5.89. The molecule has 0 aliphatic carbocycles. The molecule has 0 saturated heterocycles. The molecule has 2 amide bonds. The summed E-state index contributed by atoms with van der Waals surface area (Å²) in [6, 6.07) is 13.4. The minimum atomic E-state index is -0.651. The maximum atomic E-state index is 12.8. The fourth-order valence-corrected chi connectivity index (χ4v) is 3.68. The summed E-state index contributed by atoms with van der Waals surface area (Å²) in [5, 5.41) is 6.71.